The summed E-state index contributed by atoms with van der Waals surface area (Å²) in [5.74, 6) is 0. The molecule has 12 rings (SSSR count). The van der Waals surface area contributed by atoms with E-state index in [1.54, 1.807) is 6.07 Å². The molecule has 10 heteroatoms. The molecule has 5 heterocycles. The molecule has 0 atom stereocenters. The molecular weight excluding hydrogens is 717 g/mol. The van der Waals surface area contributed by atoms with E-state index in [-0.39, 0.29) is 11.4 Å². The van der Waals surface area contributed by atoms with Gasteiger partial charge in [-0.2, -0.15) is 21.0 Å². The van der Waals surface area contributed by atoms with Gasteiger partial charge in [-0.3, -0.25) is 8.80 Å². The number of nitrogens with zero attached hydrogens (tertiary/aromatic N) is 10. The van der Waals surface area contributed by atoms with Crippen LogP contribution in [0.1, 0.15) is 22.5 Å². The number of pyridine rings is 2. The van der Waals surface area contributed by atoms with E-state index in [0.717, 1.165) is 92.8 Å². The fraction of sp³-hybridized carbons (Fsp3) is 0. The monoisotopic (exact) mass is 736 g/mol. The van der Waals surface area contributed by atoms with Gasteiger partial charge >= 0.3 is 0 Å². The molecule has 0 fully saturated rings. The Kier molecular flexibility index (Phi) is 6.11. The van der Waals surface area contributed by atoms with Crippen LogP contribution in [0.15, 0.2) is 121 Å². The first-order valence-corrected chi connectivity index (χ1v) is 18.4. The highest BCUT2D eigenvalue weighted by molar-refractivity contribution is 6.19. The Bertz CT molecular complexity index is 4090. The van der Waals surface area contributed by atoms with Crippen molar-refractivity contribution in [3.63, 3.8) is 0 Å². The standard InChI is InChI=1S/C48H20N10/c49-21-31-18-34-33-17-30-13-27(9-10-28(30)16-36(33)46-54-38-7-3-4-8-42(38)57(46)44(34)20-32(31)22-50)29-11-12-43-39(19-29)55-47-37-15-26-6-2-1-5-25(26)14-35(37)45-48(58(43)47)56-41(24-52)40(23-51)53-45/h1-20H. The van der Waals surface area contributed by atoms with Crippen molar-refractivity contribution < 1.29 is 0 Å². The normalized spacial score (nSPS) is 11.7. The van der Waals surface area contributed by atoms with Crippen LogP contribution in [0.3, 0.4) is 0 Å². The third-order valence-corrected chi connectivity index (χ3v) is 11.4. The molecule has 10 nitrogen and oxygen atoms in total. The van der Waals surface area contributed by atoms with E-state index in [0.29, 0.717) is 27.9 Å². The molecule has 0 unspecified atom stereocenters. The third-order valence-electron chi connectivity index (χ3n) is 11.4. The second kappa shape index (κ2) is 11.3. The van der Waals surface area contributed by atoms with Gasteiger partial charge < -0.3 is 0 Å². The minimum Gasteiger partial charge on any atom is -0.292 e. The maximum atomic E-state index is 10.0. The van der Waals surface area contributed by atoms with Gasteiger partial charge in [0.05, 0.1) is 38.7 Å². The van der Waals surface area contributed by atoms with E-state index in [1.165, 1.54) is 0 Å². The predicted molar refractivity (Wildman–Crippen MR) is 224 cm³/mol. The lowest BCUT2D eigenvalue weighted by Crippen LogP contribution is -2.01. The minimum absolute atomic E-state index is 0.0207. The van der Waals surface area contributed by atoms with E-state index < -0.39 is 0 Å². The summed E-state index contributed by atoms with van der Waals surface area (Å²) in [6.07, 6.45) is 0. The highest BCUT2D eigenvalue weighted by atomic mass is 15.1. The zero-order valence-corrected chi connectivity index (χ0v) is 30.0. The van der Waals surface area contributed by atoms with Gasteiger partial charge in [-0.25, -0.2) is 19.9 Å². The Morgan fingerprint density at radius 3 is 1.78 bits per heavy atom. The molecule has 0 aliphatic carbocycles. The predicted octanol–water partition coefficient (Wildman–Crippen LogP) is 10.2. The van der Waals surface area contributed by atoms with E-state index in [4.69, 9.17) is 15.0 Å². The number of aromatic nitrogens is 6. The van der Waals surface area contributed by atoms with E-state index >= 15 is 0 Å². The van der Waals surface area contributed by atoms with Gasteiger partial charge in [0.15, 0.2) is 17.0 Å². The highest BCUT2D eigenvalue weighted by Crippen LogP contribution is 2.39. The summed E-state index contributed by atoms with van der Waals surface area (Å²) in [6.45, 7) is 0. The first-order valence-electron chi connectivity index (χ1n) is 18.4. The zero-order valence-electron chi connectivity index (χ0n) is 30.0. The SMILES string of the molecule is N#Cc1cc2c3cc4cc(-c5ccc6c(c5)nc5c7cc8ccccc8cc7c7nc(C#N)c(C#N)nc7n65)ccc4cc3c3nc4ccccc4n3c2cc1C#N. The van der Waals surface area contributed by atoms with Crippen molar-refractivity contribution in [2.24, 2.45) is 0 Å². The minimum atomic E-state index is -0.0394. The van der Waals surface area contributed by atoms with Gasteiger partial charge in [-0.05, 0) is 105 Å². The van der Waals surface area contributed by atoms with Crippen LogP contribution in [0.5, 0.6) is 0 Å². The van der Waals surface area contributed by atoms with Gasteiger partial charge in [0.1, 0.15) is 41.1 Å². The number of benzene rings is 7. The van der Waals surface area contributed by atoms with E-state index in [9.17, 15) is 21.0 Å². The summed E-state index contributed by atoms with van der Waals surface area (Å²) < 4.78 is 4.02. The molecule has 7 aromatic carbocycles. The van der Waals surface area contributed by atoms with E-state index in [2.05, 4.69) is 82.2 Å². The summed E-state index contributed by atoms with van der Waals surface area (Å²) in [6, 6.07) is 49.1. The molecule has 12 aromatic rings. The van der Waals surface area contributed by atoms with Gasteiger partial charge in [0.25, 0.3) is 0 Å². The Morgan fingerprint density at radius 2 is 0.983 bits per heavy atom. The van der Waals surface area contributed by atoms with Crippen LogP contribution in [-0.4, -0.2) is 28.7 Å². The maximum absolute atomic E-state index is 10.0. The molecule has 0 aliphatic rings. The molecule has 262 valence electrons. The quantitative estimate of drug-likeness (QED) is 0.119. The van der Waals surface area contributed by atoms with Crippen molar-refractivity contribution in [1.82, 2.24) is 28.7 Å². The maximum Gasteiger partial charge on any atom is 0.179 e. The Morgan fingerprint density at radius 1 is 0.379 bits per heavy atom. The lowest BCUT2D eigenvalue weighted by atomic mass is 9.95. The molecule has 0 spiro atoms. The van der Waals surface area contributed by atoms with Crippen molar-refractivity contribution >= 4 is 98.5 Å². The average Bonchev–Trinajstić information content (AvgIpc) is 3.86. The topological polar surface area (TPSA) is 156 Å². The highest BCUT2D eigenvalue weighted by Gasteiger charge is 2.21. The van der Waals surface area contributed by atoms with Crippen LogP contribution in [0.4, 0.5) is 0 Å². The molecule has 0 radical (unpaired) electrons. The third kappa shape index (κ3) is 4.15. The Hall–Kier alpha value is -8.96. The molecule has 0 N–H and O–H groups in total. The fourth-order valence-corrected chi connectivity index (χ4v) is 8.70. The summed E-state index contributed by atoms with van der Waals surface area (Å²) >= 11 is 0. The lowest BCUT2D eigenvalue weighted by Gasteiger charge is -2.12. The number of nitriles is 4. The number of fused-ring (bicyclic) bond motifs is 18. The number of para-hydroxylation sites is 2. The van der Waals surface area contributed by atoms with Crippen LogP contribution in [0, 0.1) is 45.3 Å². The summed E-state index contributed by atoms with van der Waals surface area (Å²) in [5.41, 5.74) is 9.06. The first kappa shape index (κ1) is 31.4. The fourth-order valence-electron chi connectivity index (χ4n) is 8.70. The molecule has 0 saturated heterocycles. The molecule has 5 aromatic heterocycles. The number of hydrogen-bond acceptors (Lipinski definition) is 8. The van der Waals surface area contributed by atoms with Crippen molar-refractivity contribution in [2.75, 3.05) is 0 Å². The Balaban J connectivity index is 1.11. The molecule has 0 saturated carbocycles. The molecular formula is C48H20N10. The van der Waals surface area contributed by atoms with Gasteiger partial charge in [-0.15, -0.1) is 0 Å². The van der Waals surface area contributed by atoms with Crippen LogP contribution in [-0.2, 0) is 0 Å². The van der Waals surface area contributed by atoms with Crippen molar-refractivity contribution in [2.45, 2.75) is 0 Å². The second-order valence-corrected chi connectivity index (χ2v) is 14.4. The second-order valence-electron chi connectivity index (χ2n) is 14.4. The van der Waals surface area contributed by atoms with Crippen LogP contribution < -0.4 is 0 Å². The summed E-state index contributed by atoms with van der Waals surface area (Å²) in [7, 11) is 0. The van der Waals surface area contributed by atoms with Crippen LogP contribution in [0.2, 0.25) is 0 Å². The van der Waals surface area contributed by atoms with E-state index in [1.807, 2.05) is 71.1 Å². The van der Waals surface area contributed by atoms with Crippen LogP contribution >= 0.6 is 0 Å². The lowest BCUT2D eigenvalue weighted by molar-refractivity contribution is 1.15. The average molecular weight is 737 g/mol. The van der Waals surface area contributed by atoms with Crippen molar-refractivity contribution in [3.05, 3.63) is 144 Å². The van der Waals surface area contributed by atoms with Gasteiger partial charge in [-0.1, -0.05) is 54.6 Å². The number of rotatable bonds is 1. The molecule has 0 bridgehead atoms. The molecule has 0 aliphatic heterocycles. The zero-order chi connectivity index (χ0) is 38.8. The van der Waals surface area contributed by atoms with Gasteiger partial charge in [0, 0.05) is 21.5 Å². The summed E-state index contributed by atoms with van der Waals surface area (Å²) in [4.78, 5) is 19.6. The van der Waals surface area contributed by atoms with Crippen LogP contribution in [0.25, 0.3) is 110 Å². The first-order chi connectivity index (χ1) is 28.5. The number of hydrogen-bond donors (Lipinski definition) is 0. The molecule has 58 heavy (non-hydrogen) atoms. The Labute approximate surface area is 326 Å². The molecule has 0 amide bonds. The summed E-state index contributed by atoms with van der Waals surface area (Å²) in [5, 5.41) is 48.2. The van der Waals surface area contributed by atoms with Gasteiger partial charge in [0.2, 0.25) is 0 Å². The smallest absolute Gasteiger partial charge is 0.179 e. The number of imidazole rings is 2. The largest absolute Gasteiger partial charge is 0.292 e. The van der Waals surface area contributed by atoms with Crippen molar-refractivity contribution in [1.29, 1.82) is 21.0 Å². The van der Waals surface area contributed by atoms with Crippen molar-refractivity contribution in [3.8, 4) is 35.4 Å².